The van der Waals surface area contributed by atoms with E-state index in [0.717, 1.165) is 44.0 Å². The Morgan fingerprint density at radius 2 is 1.50 bits per heavy atom. The van der Waals surface area contributed by atoms with Crippen LogP contribution in [0.5, 0.6) is 0 Å². The van der Waals surface area contributed by atoms with Crippen LogP contribution in [0.4, 0.5) is 4.39 Å². The van der Waals surface area contributed by atoms with Crippen molar-refractivity contribution >= 4 is 40.8 Å². The number of carbonyl (C=O) groups is 3. The first-order chi connectivity index (χ1) is 26.8. The van der Waals surface area contributed by atoms with Crippen LogP contribution in [0.15, 0.2) is 115 Å². The number of aromatic nitrogens is 1. The van der Waals surface area contributed by atoms with Gasteiger partial charge in [-0.05, 0) is 73.9 Å². The molecule has 0 bridgehead atoms. The van der Waals surface area contributed by atoms with Crippen molar-refractivity contribution < 1.29 is 23.9 Å². The lowest BCUT2D eigenvalue weighted by Gasteiger charge is -2.45. The number of β-amino-alcohol motifs (C(OH)–C–C–N with tert-alkyl or cyclic N) is 1. The summed E-state index contributed by atoms with van der Waals surface area (Å²) in [4.78, 5) is 49.4. The Labute approximate surface area is 336 Å². The van der Waals surface area contributed by atoms with Gasteiger partial charge in [0.25, 0.3) is 5.91 Å². The zero-order valence-electron chi connectivity index (χ0n) is 32.0. The highest BCUT2D eigenvalue weighted by molar-refractivity contribution is 8.02. The first-order valence-corrected chi connectivity index (χ1v) is 20.6. The van der Waals surface area contributed by atoms with Crippen LogP contribution in [-0.2, 0) is 25.7 Å². The molecule has 290 valence electrons. The highest BCUT2D eigenvalue weighted by atomic mass is 32.2. The average molecular weight is 791 g/mol. The number of halogens is 1. The van der Waals surface area contributed by atoms with Crippen molar-refractivity contribution in [2.45, 2.75) is 86.9 Å². The van der Waals surface area contributed by atoms with E-state index in [1.807, 2.05) is 136 Å². The molecule has 8 nitrogen and oxygen atoms in total. The van der Waals surface area contributed by atoms with E-state index in [0.29, 0.717) is 0 Å². The Morgan fingerprint density at radius 3 is 2.00 bits per heavy atom. The molecular formula is C45H47FN4O4S2. The lowest BCUT2D eigenvalue weighted by Crippen LogP contribution is -2.61. The number of aryl methyl sites for hydroxylation is 2. The number of nitrogens with one attached hydrogen (secondary N) is 2. The first kappa shape index (κ1) is 39.4. The van der Waals surface area contributed by atoms with E-state index in [1.165, 1.54) is 16.7 Å². The number of amides is 3. The summed E-state index contributed by atoms with van der Waals surface area (Å²) in [6.45, 7) is 7.84. The lowest BCUT2D eigenvalue weighted by atomic mass is 9.84. The number of carbonyl (C=O) groups excluding carboxylic acids is 3. The third-order valence-electron chi connectivity index (χ3n) is 10.9. The molecule has 0 unspecified atom stereocenters. The topological polar surface area (TPSA) is 112 Å². The number of likely N-dealkylation sites (tertiary alicyclic amines) is 1. The molecular weight excluding hydrogens is 744 g/mol. The normalized spacial score (nSPS) is 18.3. The third kappa shape index (κ3) is 7.90. The number of nitrogens with zero attached hydrogens (tertiary/aromatic N) is 2. The van der Waals surface area contributed by atoms with E-state index in [-0.39, 0.29) is 32.4 Å². The van der Waals surface area contributed by atoms with Crippen molar-refractivity contribution in [2.24, 2.45) is 0 Å². The third-order valence-corrected chi connectivity index (χ3v) is 13.7. The van der Waals surface area contributed by atoms with Gasteiger partial charge in [-0.15, -0.1) is 23.1 Å². The second-order valence-corrected chi connectivity index (χ2v) is 18.1. The maximum absolute atomic E-state index is 15.5. The molecule has 56 heavy (non-hydrogen) atoms. The van der Waals surface area contributed by atoms with Crippen LogP contribution in [0.2, 0.25) is 0 Å². The van der Waals surface area contributed by atoms with Crippen molar-refractivity contribution in [3.05, 3.63) is 148 Å². The molecule has 7 rings (SSSR count). The summed E-state index contributed by atoms with van der Waals surface area (Å²) < 4.78 is 13.5. The largest absolute Gasteiger partial charge is 0.391 e. The molecule has 1 aromatic heterocycles. The minimum atomic E-state index is -2.05. The Balaban J connectivity index is 1.21. The van der Waals surface area contributed by atoms with E-state index in [2.05, 4.69) is 21.7 Å². The second kappa shape index (κ2) is 16.0. The molecule has 1 saturated carbocycles. The summed E-state index contributed by atoms with van der Waals surface area (Å²) in [6, 6.07) is 33.8. The Hall–Kier alpha value is -4.84. The van der Waals surface area contributed by atoms with Gasteiger partial charge in [0.15, 0.2) is 5.67 Å². The van der Waals surface area contributed by atoms with Crippen LogP contribution in [-0.4, -0.2) is 67.9 Å². The summed E-state index contributed by atoms with van der Waals surface area (Å²) in [5, 5.41) is 16.8. The molecule has 4 aromatic carbocycles. The van der Waals surface area contributed by atoms with Crippen LogP contribution in [0.1, 0.15) is 66.6 Å². The van der Waals surface area contributed by atoms with Gasteiger partial charge in [-0.25, -0.2) is 9.37 Å². The van der Waals surface area contributed by atoms with Crippen molar-refractivity contribution in [1.82, 2.24) is 20.5 Å². The number of hydrogen-bond acceptors (Lipinski definition) is 7. The number of thioether (sulfide) groups is 1. The number of aliphatic hydroxyl groups is 1. The quantitative estimate of drug-likeness (QED) is 0.107. The van der Waals surface area contributed by atoms with Gasteiger partial charge < -0.3 is 20.6 Å². The maximum Gasteiger partial charge on any atom is 0.258 e. The van der Waals surface area contributed by atoms with Crippen molar-refractivity contribution in [3.63, 3.8) is 0 Å². The maximum atomic E-state index is 15.5. The minimum absolute atomic E-state index is 0.0312. The zero-order valence-corrected chi connectivity index (χ0v) is 33.6. The van der Waals surface area contributed by atoms with Gasteiger partial charge in [0.1, 0.15) is 12.1 Å². The lowest BCUT2D eigenvalue weighted by molar-refractivity contribution is -0.143. The van der Waals surface area contributed by atoms with Gasteiger partial charge in [-0.1, -0.05) is 109 Å². The van der Waals surface area contributed by atoms with Crippen LogP contribution < -0.4 is 10.6 Å². The van der Waals surface area contributed by atoms with Gasteiger partial charge in [-0.2, -0.15) is 0 Å². The molecule has 3 atom stereocenters. The first-order valence-electron chi connectivity index (χ1n) is 19.0. The predicted octanol–water partition coefficient (Wildman–Crippen LogP) is 7.50. The Kier molecular flexibility index (Phi) is 11.2. The molecule has 2 aliphatic rings. The minimum Gasteiger partial charge on any atom is -0.391 e. The number of rotatable bonds is 13. The molecule has 1 aliphatic heterocycles. The molecule has 11 heteroatoms. The SMILES string of the molecule is Cc1cc(-c2scnc2C)ccc1CNC(=O)[C@H]1C[C@@H](O)CN1C(=O)[C@@H](NC(=O)C1(F)CC1)C(C)(C)SC(c1ccccc1)(c1ccccc1)c1ccccc1. The molecule has 1 saturated heterocycles. The molecule has 3 N–H and O–H groups in total. The molecule has 3 amide bonds. The van der Waals surface area contributed by atoms with Gasteiger partial charge in [-0.3, -0.25) is 14.4 Å². The molecule has 0 spiro atoms. The van der Waals surface area contributed by atoms with E-state index in [9.17, 15) is 14.7 Å². The highest BCUT2D eigenvalue weighted by Gasteiger charge is 2.55. The standard InChI is InChI=1S/C45H47FN4O4S2/c1-29-24-31(38-30(2)48-28-55-38)20-21-32(29)26-47-40(52)37-25-36(51)27-50(37)41(53)39(49-42(54)44(46)22-23-44)43(3,4)56-45(33-14-8-5-9-15-33,34-16-10-6-11-17-34)35-18-12-7-13-19-35/h5-21,24,28,36-37,39,51H,22-23,25-27H2,1-4H3,(H,47,52)(H,49,54)/t36-,37-,39-/m1/s1. The van der Waals surface area contributed by atoms with E-state index in [1.54, 1.807) is 11.3 Å². The highest BCUT2D eigenvalue weighted by Crippen LogP contribution is 2.54. The van der Waals surface area contributed by atoms with Crippen LogP contribution >= 0.6 is 23.1 Å². The van der Waals surface area contributed by atoms with Gasteiger partial charge >= 0.3 is 0 Å². The fraction of sp³-hybridized carbons (Fsp3) is 0.333. The summed E-state index contributed by atoms with van der Waals surface area (Å²) >= 11 is 3.07. The monoisotopic (exact) mass is 790 g/mol. The fourth-order valence-electron chi connectivity index (χ4n) is 7.67. The number of benzene rings is 4. The summed E-state index contributed by atoms with van der Waals surface area (Å²) in [7, 11) is 0. The molecule has 2 heterocycles. The fourth-order valence-corrected chi connectivity index (χ4v) is 10.3. The van der Waals surface area contributed by atoms with E-state index in [4.69, 9.17) is 0 Å². The summed E-state index contributed by atoms with van der Waals surface area (Å²) in [6.07, 6.45) is -0.776. The predicted molar refractivity (Wildman–Crippen MR) is 221 cm³/mol. The number of alkyl halides is 1. The Bertz CT molecular complexity index is 2100. The molecule has 1 aliphatic carbocycles. The van der Waals surface area contributed by atoms with Crippen LogP contribution in [0.25, 0.3) is 10.4 Å². The van der Waals surface area contributed by atoms with E-state index < -0.39 is 51.1 Å². The van der Waals surface area contributed by atoms with Crippen molar-refractivity contribution in [1.29, 1.82) is 0 Å². The van der Waals surface area contributed by atoms with E-state index >= 15 is 9.18 Å². The smallest absolute Gasteiger partial charge is 0.258 e. The molecule has 5 aromatic rings. The van der Waals surface area contributed by atoms with Crippen LogP contribution in [0.3, 0.4) is 0 Å². The van der Waals surface area contributed by atoms with Gasteiger partial charge in [0.05, 0.1) is 26.9 Å². The zero-order chi connectivity index (χ0) is 39.7. The van der Waals surface area contributed by atoms with Gasteiger partial charge in [0, 0.05) is 24.3 Å². The summed E-state index contributed by atoms with van der Waals surface area (Å²) in [5.41, 5.74) is 6.56. The second-order valence-electron chi connectivity index (χ2n) is 15.4. The van der Waals surface area contributed by atoms with Crippen molar-refractivity contribution in [3.8, 4) is 10.4 Å². The Morgan fingerprint density at radius 1 is 0.929 bits per heavy atom. The number of thiazole rings is 1. The van der Waals surface area contributed by atoms with Crippen molar-refractivity contribution in [2.75, 3.05) is 6.54 Å². The average Bonchev–Trinajstić information content (AvgIpc) is 3.61. The molecule has 0 radical (unpaired) electrons. The molecule has 2 fully saturated rings. The number of aliphatic hydroxyl groups excluding tert-OH is 1. The van der Waals surface area contributed by atoms with Gasteiger partial charge in [0.2, 0.25) is 11.8 Å². The van der Waals surface area contributed by atoms with Crippen LogP contribution in [0, 0.1) is 13.8 Å². The number of hydrogen-bond donors (Lipinski definition) is 3. The summed E-state index contributed by atoms with van der Waals surface area (Å²) in [5.74, 6) is -1.81.